The van der Waals surface area contributed by atoms with E-state index in [4.69, 9.17) is 9.47 Å². The molecule has 11 nitrogen and oxygen atoms in total. The Kier molecular flexibility index (Phi) is 15.6. The van der Waals surface area contributed by atoms with E-state index in [2.05, 4.69) is 10.6 Å². The second kappa shape index (κ2) is 18.5. The van der Waals surface area contributed by atoms with Crippen molar-refractivity contribution in [2.75, 3.05) is 6.54 Å². The topological polar surface area (TPSA) is 148 Å². The molecule has 0 aromatic heterocycles. The van der Waals surface area contributed by atoms with E-state index in [0.717, 1.165) is 5.56 Å². The summed E-state index contributed by atoms with van der Waals surface area (Å²) >= 11 is 0. The summed E-state index contributed by atoms with van der Waals surface area (Å²) in [5, 5.41) is 5.67. The van der Waals surface area contributed by atoms with Gasteiger partial charge in [-0.15, -0.1) is 0 Å². The first-order valence-electron chi connectivity index (χ1n) is 16.9. The van der Waals surface area contributed by atoms with Crippen LogP contribution in [0.25, 0.3) is 0 Å². The summed E-state index contributed by atoms with van der Waals surface area (Å²) in [4.78, 5) is 80.4. The average Bonchev–Trinajstić information content (AvgIpc) is 3.49. The van der Waals surface area contributed by atoms with Crippen molar-refractivity contribution < 1.29 is 38.2 Å². The number of carbonyl (C=O) groups excluding carboxylic acids is 6. The Hall–Kier alpha value is -3.76. The third kappa shape index (κ3) is 13.5. The molecule has 1 heterocycles. The van der Waals surface area contributed by atoms with E-state index < -0.39 is 53.5 Å². The van der Waals surface area contributed by atoms with Crippen LogP contribution < -0.4 is 10.6 Å². The molecule has 0 saturated carbocycles. The van der Waals surface area contributed by atoms with Crippen molar-refractivity contribution in [3.63, 3.8) is 0 Å². The van der Waals surface area contributed by atoms with E-state index in [9.17, 15) is 28.8 Å². The fourth-order valence-corrected chi connectivity index (χ4v) is 5.58. The van der Waals surface area contributed by atoms with Crippen LogP contribution in [0.2, 0.25) is 0 Å². The van der Waals surface area contributed by atoms with Crippen LogP contribution >= 0.6 is 0 Å². The lowest BCUT2D eigenvalue weighted by atomic mass is 9.89. The highest BCUT2D eigenvalue weighted by atomic mass is 16.6. The zero-order valence-electron chi connectivity index (χ0n) is 29.4. The maximum Gasteiger partial charge on any atom is 0.410 e. The molecule has 0 spiro atoms. The Labute approximate surface area is 279 Å². The molecule has 1 fully saturated rings. The van der Waals surface area contributed by atoms with Crippen LogP contribution in [0.15, 0.2) is 30.3 Å². The third-order valence-corrected chi connectivity index (χ3v) is 8.00. The monoisotopic (exact) mass is 657 g/mol. The molecule has 0 unspecified atom stereocenters. The van der Waals surface area contributed by atoms with Crippen molar-refractivity contribution >= 4 is 35.4 Å². The highest BCUT2D eigenvalue weighted by molar-refractivity contribution is 5.95. The second-order valence-corrected chi connectivity index (χ2v) is 14.1. The van der Waals surface area contributed by atoms with Crippen molar-refractivity contribution in [2.45, 2.75) is 131 Å². The molecule has 1 saturated heterocycles. The predicted molar refractivity (Wildman–Crippen MR) is 178 cm³/mol. The minimum atomic E-state index is -0.927. The number of nitrogens with one attached hydrogen (secondary N) is 2. The van der Waals surface area contributed by atoms with Crippen LogP contribution in [0, 0.1) is 17.8 Å². The minimum absolute atomic E-state index is 0.0290. The van der Waals surface area contributed by atoms with Crippen LogP contribution in [-0.4, -0.2) is 70.6 Å². The maximum atomic E-state index is 13.8. The number of ether oxygens (including phenoxy) is 2. The summed E-state index contributed by atoms with van der Waals surface area (Å²) in [6.07, 6.45) is 0.691. The van der Waals surface area contributed by atoms with Crippen LogP contribution in [-0.2, 0) is 40.1 Å². The van der Waals surface area contributed by atoms with Gasteiger partial charge >= 0.3 is 12.1 Å². The lowest BCUT2D eigenvalue weighted by Crippen LogP contribution is -2.52. The van der Waals surface area contributed by atoms with Crippen molar-refractivity contribution in [3.05, 3.63) is 35.9 Å². The summed E-state index contributed by atoms with van der Waals surface area (Å²) in [5.41, 5.74) is 0.114. The Morgan fingerprint density at radius 2 is 1.62 bits per heavy atom. The molecule has 0 aliphatic carbocycles. The van der Waals surface area contributed by atoms with E-state index in [0.29, 0.717) is 25.8 Å². The lowest BCUT2D eigenvalue weighted by molar-refractivity contribution is -0.155. The first-order chi connectivity index (χ1) is 22.0. The van der Waals surface area contributed by atoms with Crippen LogP contribution in [0.5, 0.6) is 0 Å². The first-order valence-corrected chi connectivity index (χ1v) is 16.9. The molecule has 1 aliphatic rings. The zero-order chi connectivity index (χ0) is 35.3. The first kappa shape index (κ1) is 39.4. The number of hydrogen-bond donors (Lipinski definition) is 2. The minimum Gasteiger partial charge on any atom is -0.460 e. The third-order valence-electron chi connectivity index (χ3n) is 8.00. The average molecular weight is 658 g/mol. The van der Waals surface area contributed by atoms with Crippen LogP contribution in [0.3, 0.4) is 0 Å². The molecule has 2 rings (SSSR count). The lowest BCUT2D eigenvalue weighted by Gasteiger charge is -2.28. The van der Waals surface area contributed by atoms with Crippen molar-refractivity contribution in [2.24, 2.45) is 17.8 Å². The number of rotatable bonds is 17. The fourth-order valence-electron chi connectivity index (χ4n) is 5.58. The zero-order valence-corrected chi connectivity index (χ0v) is 29.4. The molecule has 2 N–H and O–H groups in total. The highest BCUT2D eigenvalue weighted by Crippen LogP contribution is 2.22. The fraction of sp³-hybridized carbons (Fsp3) is 0.667. The molecule has 1 aromatic carbocycles. The summed E-state index contributed by atoms with van der Waals surface area (Å²) in [7, 11) is 0. The number of likely N-dealkylation sites (tertiary alicyclic amines) is 1. The van der Waals surface area contributed by atoms with Gasteiger partial charge in [-0.2, -0.15) is 0 Å². The van der Waals surface area contributed by atoms with Gasteiger partial charge in [0.15, 0.2) is 11.6 Å². The molecule has 1 aromatic rings. The van der Waals surface area contributed by atoms with E-state index in [1.807, 2.05) is 58.0 Å². The number of ketones is 2. The smallest absolute Gasteiger partial charge is 0.410 e. The van der Waals surface area contributed by atoms with Crippen molar-refractivity contribution in [1.29, 1.82) is 0 Å². The largest absolute Gasteiger partial charge is 0.460 e. The molecule has 11 heteroatoms. The number of carbonyl (C=O) groups is 6. The van der Waals surface area contributed by atoms with Gasteiger partial charge in [-0.3, -0.25) is 28.9 Å². The molecular formula is C36H55N3O8. The summed E-state index contributed by atoms with van der Waals surface area (Å²) in [6.45, 7) is 14.9. The van der Waals surface area contributed by atoms with Crippen molar-refractivity contribution in [1.82, 2.24) is 15.5 Å². The molecule has 3 amide bonds. The number of hydrogen-bond acceptors (Lipinski definition) is 8. The van der Waals surface area contributed by atoms with Gasteiger partial charge in [0.1, 0.15) is 18.2 Å². The molecule has 262 valence electrons. The Morgan fingerprint density at radius 3 is 2.19 bits per heavy atom. The Bertz CT molecular complexity index is 1220. The van der Waals surface area contributed by atoms with E-state index in [-0.39, 0.29) is 55.7 Å². The second-order valence-electron chi connectivity index (χ2n) is 14.1. The molecular weight excluding hydrogens is 602 g/mol. The van der Waals surface area contributed by atoms with Crippen LogP contribution in [0.4, 0.5) is 4.79 Å². The van der Waals surface area contributed by atoms with Gasteiger partial charge in [0.25, 0.3) is 0 Å². The summed E-state index contributed by atoms with van der Waals surface area (Å²) in [6, 6.07) is 6.81. The van der Waals surface area contributed by atoms with E-state index >= 15 is 0 Å². The molecule has 1 aliphatic heterocycles. The highest BCUT2D eigenvalue weighted by Gasteiger charge is 2.38. The Morgan fingerprint density at radius 1 is 0.957 bits per heavy atom. The number of benzene rings is 1. The van der Waals surface area contributed by atoms with Gasteiger partial charge in [0.05, 0.1) is 12.1 Å². The summed E-state index contributed by atoms with van der Waals surface area (Å²) in [5.74, 6) is -3.02. The van der Waals surface area contributed by atoms with E-state index in [1.165, 1.54) is 4.90 Å². The molecule has 4 atom stereocenters. The van der Waals surface area contributed by atoms with Gasteiger partial charge < -0.3 is 20.1 Å². The molecule has 0 radical (unpaired) electrons. The van der Waals surface area contributed by atoms with E-state index in [1.54, 1.807) is 27.7 Å². The molecule has 47 heavy (non-hydrogen) atoms. The normalized spacial score (nSPS) is 16.7. The quantitative estimate of drug-likeness (QED) is 0.219. The van der Waals surface area contributed by atoms with Crippen molar-refractivity contribution in [3.8, 4) is 0 Å². The Balaban J connectivity index is 2.19. The van der Waals surface area contributed by atoms with Gasteiger partial charge in [-0.25, -0.2) is 4.79 Å². The van der Waals surface area contributed by atoms with Gasteiger partial charge in [-0.05, 0) is 63.9 Å². The van der Waals surface area contributed by atoms with Crippen LogP contribution in [0.1, 0.15) is 106 Å². The summed E-state index contributed by atoms with van der Waals surface area (Å²) < 4.78 is 10.9. The number of Topliss-reactive ketones (excluding diaryl/α,β-unsaturated/α-hetero) is 2. The standard InChI is InChI=1S/C36H55N3O8/c1-9-29(40)32(24(4)5)38-33(43)26(17-18-31(42)47-36(6,7)8)21-30(41)27(20-23(2)3)37-34(44)28-16-13-19-39(28)35(45)46-22-25-14-11-10-12-15-25/h10-12,14-15,23-24,26-28,32H,9,13,16-22H2,1-8H3,(H,37,44)(H,38,43)/t26-,27+,28+,32+/m1/s1. The number of amides is 3. The number of nitrogens with zero attached hydrogens (tertiary/aromatic N) is 1. The maximum absolute atomic E-state index is 13.8. The van der Waals surface area contributed by atoms with Gasteiger partial charge in [0, 0.05) is 31.7 Å². The predicted octanol–water partition coefficient (Wildman–Crippen LogP) is 5.14. The van der Waals surface area contributed by atoms with Gasteiger partial charge in [0.2, 0.25) is 11.8 Å². The molecule has 0 bridgehead atoms. The van der Waals surface area contributed by atoms with Gasteiger partial charge in [-0.1, -0.05) is 65.0 Å². The SMILES string of the molecule is CCC(=O)[C@@H](NC(=O)[C@H](CCC(=O)OC(C)(C)C)CC(=O)[C@H](CC(C)C)NC(=O)[C@@H]1CCCN1C(=O)OCc1ccccc1)C(C)C. The number of esters is 1.